The summed E-state index contributed by atoms with van der Waals surface area (Å²) < 4.78 is 40.6. The fraction of sp³-hybridized carbons (Fsp3) is 0.273. The summed E-state index contributed by atoms with van der Waals surface area (Å²) in [4.78, 5) is 32.3. The quantitative estimate of drug-likeness (QED) is 0.247. The van der Waals surface area contributed by atoms with Gasteiger partial charge in [0.05, 0.1) is 12.1 Å². The summed E-state index contributed by atoms with van der Waals surface area (Å²) in [7, 11) is 0. The van der Waals surface area contributed by atoms with E-state index in [1.54, 1.807) is 24.3 Å². The molecule has 8 nitrogen and oxygen atoms in total. The largest absolute Gasteiger partial charge is 1.00 e. The van der Waals surface area contributed by atoms with E-state index in [1.165, 1.54) is 4.57 Å². The Balaban J connectivity index is 0.00000276. The van der Waals surface area contributed by atoms with Crippen LogP contribution in [-0.4, -0.2) is 25.3 Å². The molecule has 5 rings (SSSR count). The van der Waals surface area contributed by atoms with Crippen LogP contribution in [0.4, 0.5) is 8.78 Å². The van der Waals surface area contributed by atoms with Crippen LogP contribution in [0.5, 0.6) is 5.75 Å². The van der Waals surface area contributed by atoms with Crippen LogP contribution in [0.3, 0.4) is 0 Å². The molecule has 0 aliphatic heterocycles. The molecule has 0 fully saturated rings. The average molecular weight is 627 g/mol. The molecule has 44 heavy (non-hydrogen) atoms. The average Bonchev–Trinajstić information content (AvgIpc) is 3.41. The van der Waals surface area contributed by atoms with E-state index in [0.29, 0.717) is 41.4 Å². The third-order valence-corrected chi connectivity index (χ3v) is 6.75. The summed E-state index contributed by atoms with van der Waals surface area (Å²) >= 11 is 0. The molecule has 3 aromatic carbocycles. The fourth-order valence-electron chi connectivity index (χ4n) is 4.93. The van der Waals surface area contributed by atoms with Crippen LogP contribution in [0.15, 0.2) is 86.9 Å². The minimum Gasteiger partial charge on any atom is -1.00 e. The number of aryl methyl sites for hydroxylation is 1. The molecule has 1 N–H and O–H groups in total. The third kappa shape index (κ3) is 7.70. The van der Waals surface area contributed by atoms with Gasteiger partial charge in [-0.1, -0.05) is 72.7 Å². The number of hydrogen-bond acceptors (Lipinski definition) is 6. The van der Waals surface area contributed by atoms with E-state index in [2.05, 4.69) is 19.6 Å². The van der Waals surface area contributed by atoms with E-state index in [-0.39, 0.29) is 64.9 Å². The number of aromatic amines is 1. The molecular formula is C33H33F2KN4O4. The minimum atomic E-state index is -2.92. The Morgan fingerprint density at radius 2 is 1.59 bits per heavy atom. The van der Waals surface area contributed by atoms with Crippen molar-refractivity contribution in [3.05, 3.63) is 111 Å². The zero-order valence-electron chi connectivity index (χ0n) is 26.4. The number of H-pyrrole nitrogens is 1. The smallest absolute Gasteiger partial charge is 1.00 e. The zero-order valence-corrected chi connectivity index (χ0v) is 28.5. The SMILES string of the molecule is CCCc1nc(C(F)F)c(-c2ccc(OC(C)(C)C)cc2)c(=O)n1Cc1ccc(-c2ccccc2-c2noc(=O)[nH]2)cc1.[H-].[K+]. The Labute approximate surface area is 297 Å². The Hall–Kier alpha value is -3.22. The number of rotatable bonds is 9. The number of benzene rings is 3. The molecule has 0 radical (unpaired) electrons. The van der Waals surface area contributed by atoms with Gasteiger partial charge in [-0.3, -0.25) is 18.9 Å². The van der Waals surface area contributed by atoms with Crippen molar-refractivity contribution in [3.63, 3.8) is 0 Å². The summed E-state index contributed by atoms with van der Waals surface area (Å²) in [5, 5.41) is 3.81. The van der Waals surface area contributed by atoms with E-state index in [1.807, 2.05) is 76.2 Å². The second-order valence-electron chi connectivity index (χ2n) is 11.2. The number of nitrogens with zero attached hydrogens (tertiary/aromatic N) is 3. The molecule has 2 heterocycles. The Morgan fingerprint density at radius 3 is 2.16 bits per heavy atom. The maximum atomic E-state index is 14.3. The second-order valence-corrected chi connectivity index (χ2v) is 11.2. The predicted molar refractivity (Wildman–Crippen MR) is 161 cm³/mol. The number of halogens is 2. The maximum absolute atomic E-state index is 14.3. The van der Waals surface area contributed by atoms with Crippen molar-refractivity contribution in [2.45, 2.75) is 59.1 Å². The summed E-state index contributed by atoms with van der Waals surface area (Å²) in [6.45, 7) is 7.80. The molecule has 11 heteroatoms. The molecule has 0 saturated carbocycles. The Kier molecular flexibility index (Phi) is 10.9. The fourth-order valence-corrected chi connectivity index (χ4v) is 4.93. The van der Waals surface area contributed by atoms with Crippen LogP contribution >= 0.6 is 0 Å². The molecule has 0 atom stereocenters. The Morgan fingerprint density at radius 1 is 0.955 bits per heavy atom. The van der Waals surface area contributed by atoms with Gasteiger partial charge in [-0.25, -0.2) is 18.6 Å². The minimum absolute atomic E-state index is 0. The van der Waals surface area contributed by atoms with Crippen molar-refractivity contribution in [2.75, 3.05) is 0 Å². The standard InChI is InChI=1S/C33H32F2N4O4.K.H/c1-5-8-26-36-28(29(34)35)27(22-15-17-23(18-16-22)42-33(2,3)4)31(40)39(26)19-20-11-13-21(14-12-20)24-9-6-7-10-25(24)30-37-32(41)43-38-30;;/h6-7,9-18,29H,5,8,19H2,1-4H3,(H,37,38,41);;/q;+1;-1. The van der Waals surface area contributed by atoms with Crippen molar-refractivity contribution in [1.29, 1.82) is 0 Å². The van der Waals surface area contributed by atoms with Gasteiger partial charge in [-0.15, -0.1) is 0 Å². The molecule has 0 bridgehead atoms. The Bertz CT molecular complexity index is 1850. The van der Waals surface area contributed by atoms with Crippen molar-refractivity contribution >= 4 is 0 Å². The van der Waals surface area contributed by atoms with Gasteiger partial charge in [0.15, 0.2) is 5.82 Å². The molecule has 0 aliphatic rings. The first-order valence-corrected chi connectivity index (χ1v) is 14.0. The van der Waals surface area contributed by atoms with E-state index in [0.717, 1.165) is 16.7 Å². The first-order chi connectivity index (χ1) is 20.5. The monoisotopic (exact) mass is 626 g/mol. The number of alkyl halides is 2. The van der Waals surface area contributed by atoms with Gasteiger partial charge >= 0.3 is 57.1 Å². The van der Waals surface area contributed by atoms with Crippen LogP contribution in [0.25, 0.3) is 33.6 Å². The van der Waals surface area contributed by atoms with Gasteiger partial charge in [0.2, 0.25) is 0 Å². The normalized spacial score (nSPS) is 11.4. The van der Waals surface area contributed by atoms with Crippen molar-refractivity contribution in [3.8, 4) is 39.4 Å². The van der Waals surface area contributed by atoms with E-state index >= 15 is 0 Å². The van der Waals surface area contributed by atoms with Crippen molar-refractivity contribution < 1.29 is 70.9 Å². The van der Waals surface area contributed by atoms with Gasteiger partial charge in [-0.2, -0.15) is 0 Å². The number of aromatic nitrogens is 4. The summed E-state index contributed by atoms with van der Waals surface area (Å²) in [6, 6.07) is 21.5. The first kappa shape index (κ1) is 33.7. The second kappa shape index (κ2) is 14.3. The number of nitrogens with one attached hydrogen (secondary N) is 1. The molecular weight excluding hydrogens is 593 g/mol. The van der Waals surface area contributed by atoms with Crippen LogP contribution in [0, 0.1) is 0 Å². The van der Waals surface area contributed by atoms with Crippen LogP contribution in [0.2, 0.25) is 0 Å². The van der Waals surface area contributed by atoms with E-state index < -0.39 is 29.0 Å². The third-order valence-electron chi connectivity index (χ3n) is 6.75. The van der Waals surface area contributed by atoms with Crippen LogP contribution in [-0.2, 0) is 13.0 Å². The molecule has 0 saturated heterocycles. The van der Waals surface area contributed by atoms with Gasteiger partial charge in [0.1, 0.15) is 22.9 Å². The van der Waals surface area contributed by atoms with Crippen molar-refractivity contribution in [1.82, 2.24) is 19.7 Å². The van der Waals surface area contributed by atoms with E-state index in [9.17, 15) is 18.4 Å². The van der Waals surface area contributed by atoms with Crippen LogP contribution in [0.1, 0.15) is 59.0 Å². The van der Waals surface area contributed by atoms with Crippen LogP contribution < -0.4 is 67.4 Å². The number of hydrogen-bond donors (Lipinski definition) is 1. The zero-order chi connectivity index (χ0) is 30.7. The molecule has 0 aliphatic carbocycles. The molecule has 0 amide bonds. The summed E-state index contributed by atoms with van der Waals surface area (Å²) in [6.07, 6.45) is -1.92. The van der Waals surface area contributed by atoms with Gasteiger partial charge in [0, 0.05) is 12.0 Å². The molecule has 0 spiro atoms. The summed E-state index contributed by atoms with van der Waals surface area (Å²) in [5.41, 5.74) is 1.92. The summed E-state index contributed by atoms with van der Waals surface area (Å²) in [5.74, 6) is 0.551. The van der Waals surface area contributed by atoms with Gasteiger partial charge in [-0.05, 0) is 61.6 Å². The molecule has 0 unspecified atom stereocenters. The van der Waals surface area contributed by atoms with Crippen molar-refractivity contribution in [2.24, 2.45) is 0 Å². The molecule has 5 aromatic rings. The molecule has 224 valence electrons. The van der Waals surface area contributed by atoms with Gasteiger partial charge < -0.3 is 6.16 Å². The molecule has 2 aromatic heterocycles. The van der Waals surface area contributed by atoms with E-state index in [4.69, 9.17) is 4.74 Å². The predicted octanol–water partition coefficient (Wildman–Crippen LogP) is 4.15. The van der Waals surface area contributed by atoms with Gasteiger partial charge in [0.25, 0.3) is 12.0 Å². The maximum Gasteiger partial charge on any atom is 1.00 e. The first-order valence-electron chi connectivity index (χ1n) is 14.0. The number of ether oxygens (including phenoxy) is 1. The topological polar surface area (TPSA) is 103 Å².